The quantitative estimate of drug-likeness (QED) is 0.764. The van der Waals surface area contributed by atoms with Crippen molar-refractivity contribution in [2.24, 2.45) is 5.73 Å². The second-order valence-corrected chi connectivity index (χ2v) is 5.13. The van der Waals surface area contributed by atoms with Gasteiger partial charge in [-0.25, -0.2) is 0 Å². The molecule has 0 heterocycles. The number of benzene rings is 1. The van der Waals surface area contributed by atoms with E-state index >= 15 is 0 Å². The molecule has 1 unspecified atom stereocenters. The van der Waals surface area contributed by atoms with E-state index in [1.54, 1.807) is 0 Å². The monoisotopic (exact) mass is 191 g/mol. The summed E-state index contributed by atoms with van der Waals surface area (Å²) in [6.07, 6.45) is 0.963. The molecular formula is C13H21N. The molecule has 0 aliphatic rings. The molecule has 0 saturated carbocycles. The zero-order valence-corrected chi connectivity index (χ0v) is 9.67. The molecule has 1 rings (SSSR count). The highest BCUT2D eigenvalue weighted by Gasteiger charge is 2.12. The molecule has 1 aromatic carbocycles. The van der Waals surface area contributed by atoms with Crippen LogP contribution in [-0.2, 0) is 11.8 Å². The first kappa shape index (κ1) is 11.3. The van der Waals surface area contributed by atoms with Crippen LogP contribution in [0.4, 0.5) is 0 Å². The lowest BCUT2D eigenvalue weighted by molar-refractivity contribution is 0.589. The zero-order chi connectivity index (χ0) is 10.8. The molecule has 0 fully saturated rings. The van der Waals surface area contributed by atoms with Crippen LogP contribution in [0.3, 0.4) is 0 Å². The molecule has 0 aliphatic carbocycles. The van der Waals surface area contributed by atoms with Gasteiger partial charge in [-0.2, -0.15) is 0 Å². The average molecular weight is 191 g/mol. The fourth-order valence-corrected chi connectivity index (χ4v) is 1.51. The molecule has 14 heavy (non-hydrogen) atoms. The molecule has 0 aromatic heterocycles. The van der Waals surface area contributed by atoms with Gasteiger partial charge in [-0.1, -0.05) is 45.0 Å². The molecule has 1 nitrogen and oxygen atoms in total. The summed E-state index contributed by atoms with van der Waals surface area (Å²) in [5.74, 6) is 0. The molecule has 78 valence electrons. The van der Waals surface area contributed by atoms with Crippen LogP contribution in [0.15, 0.2) is 24.3 Å². The molecule has 2 N–H and O–H groups in total. The van der Waals surface area contributed by atoms with Crippen LogP contribution in [0.25, 0.3) is 0 Å². The zero-order valence-electron chi connectivity index (χ0n) is 9.67. The summed E-state index contributed by atoms with van der Waals surface area (Å²) in [5.41, 5.74) is 8.70. The van der Waals surface area contributed by atoms with Crippen LogP contribution in [-0.4, -0.2) is 6.04 Å². The molecule has 0 bridgehead atoms. The number of hydrogen-bond acceptors (Lipinski definition) is 1. The van der Waals surface area contributed by atoms with Crippen LogP contribution in [0.1, 0.15) is 38.8 Å². The Morgan fingerprint density at radius 1 is 1.14 bits per heavy atom. The molecule has 0 amide bonds. The maximum Gasteiger partial charge on any atom is 0.00509 e. The fourth-order valence-electron chi connectivity index (χ4n) is 1.51. The first-order chi connectivity index (χ1) is 6.39. The summed E-state index contributed by atoms with van der Waals surface area (Å²) in [7, 11) is 0. The van der Waals surface area contributed by atoms with Gasteiger partial charge in [-0.15, -0.1) is 0 Å². The molecule has 1 aromatic rings. The third-order valence-corrected chi connectivity index (χ3v) is 2.38. The van der Waals surface area contributed by atoms with Crippen LogP contribution in [0, 0.1) is 0 Å². The van der Waals surface area contributed by atoms with Crippen molar-refractivity contribution in [3.05, 3.63) is 35.4 Å². The van der Waals surface area contributed by atoms with Gasteiger partial charge in [0.2, 0.25) is 0 Å². The Balaban J connectivity index is 2.79. The van der Waals surface area contributed by atoms with Crippen LogP contribution < -0.4 is 5.73 Å². The molecule has 0 radical (unpaired) electrons. The van der Waals surface area contributed by atoms with Crippen molar-refractivity contribution in [1.29, 1.82) is 0 Å². The summed E-state index contributed by atoms with van der Waals surface area (Å²) in [6.45, 7) is 8.73. The van der Waals surface area contributed by atoms with Crippen LogP contribution in [0.5, 0.6) is 0 Å². The van der Waals surface area contributed by atoms with Gasteiger partial charge in [0.05, 0.1) is 0 Å². The Morgan fingerprint density at radius 3 is 2.00 bits per heavy atom. The van der Waals surface area contributed by atoms with Crippen molar-refractivity contribution in [1.82, 2.24) is 0 Å². The van der Waals surface area contributed by atoms with Gasteiger partial charge < -0.3 is 5.73 Å². The Kier molecular flexibility index (Phi) is 3.33. The van der Waals surface area contributed by atoms with Crippen molar-refractivity contribution in [2.45, 2.75) is 45.6 Å². The summed E-state index contributed by atoms with van der Waals surface area (Å²) >= 11 is 0. The highest BCUT2D eigenvalue weighted by atomic mass is 14.6. The van der Waals surface area contributed by atoms with Crippen molar-refractivity contribution in [3.63, 3.8) is 0 Å². The summed E-state index contributed by atoms with van der Waals surface area (Å²) in [4.78, 5) is 0. The van der Waals surface area contributed by atoms with Gasteiger partial charge in [-0.3, -0.25) is 0 Å². The highest BCUT2D eigenvalue weighted by Crippen LogP contribution is 2.22. The summed E-state index contributed by atoms with van der Waals surface area (Å²) in [6, 6.07) is 9.03. The Labute approximate surface area is 87.3 Å². The predicted octanol–water partition coefficient (Wildman–Crippen LogP) is 2.87. The molecular weight excluding hydrogens is 170 g/mol. The van der Waals surface area contributed by atoms with Gasteiger partial charge in [-0.05, 0) is 29.9 Å². The first-order valence-electron chi connectivity index (χ1n) is 5.24. The SMILES string of the molecule is CC(N)Cc1ccc(C(C)(C)C)cc1. The van der Waals surface area contributed by atoms with Crippen molar-refractivity contribution < 1.29 is 0 Å². The van der Waals surface area contributed by atoms with Gasteiger partial charge >= 0.3 is 0 Å². The molecule has 1 heteroatoms. The third-order valence-electron chi connectivity index (χ3n) is 2.38. The van der Waals surface area contributed by atoms with E-state index in [0.29, 0.717) is 0 Å². The average Bonchev–Trinajstić information content (AvgIpc) is 2.02. The molecule has 0 saturated heterocycles. The van der Waals surface area contributed by atoms with Gasteiger partial charge in [0.15, 0.2) is 0 Å². The van der Waals surface area contributed by atoms with E-state index < -0.39 is 0 Å². The van der Waals surface area contributed by atoms with E-state index in [0.717, 1.165) is 6.42 Å². The second-order valence-electron chi connectivity index (χ2n) is 5.13. The number of nitrogens with two attached hydrogens (primary N) is 1. The Morgan fingerprint density at radius 2 is 1.64 bits per heavy atom. The predicted molar refractivity (Wildman–Crippen MR) is 62.5 cm³/mol. The van der Waals surface area contributed by atoms with E-state index in [-0.39, 0.29) is 11.5 Å². The maximum atomic E-state index is 5.75. The van der Waals surface area contributed by atoms with Crippen LogP contribution in [0.2, 0.25) is 0 Å². The van der Waals surface area contributed by atoms with Crippen molar-refractivity contribution in [2.75, 3.05) is 0 Å². The standard InChI is InChI=1S/C13H21N/c1-10(14)9-11-5-7-12(8-6-11)13(2,3)4/h5-8,10H,9,14H2,1-4H3. The van der Waals surface area contributed by atoms with Crippen molar-refractivity contribution in [3.8, 4) is 0 Å². The summed E-state index contributed by atoms with van der Waals surface area (Å²) in [5, 5.41) is 0. The lowest BCUT2D eigenvalue weighted by Gasteiger charge is -2.19. The van der Waals surface area contributed by atoms with E-state index in [1.165, 1.54) is 11.1 Å². The normalized spacial score (nSPS) is 14.1. The van der Waals surface area contributed by atoms with E-state index in [1.807, 2.05) is 6.92 Å². The Hall–Kier alpha value is -0.820. The van der Waals surface area contributed by atoms with Crippen molar-refractivity contribution >= 4 is 0 Å². The smallest absolute Gasteiger partial charge is 0.00509 e. The largest absolute Gasteiger partial charge is 0.328 e. The minimum atomic E-state index is 0.243. The number of hydrogen-bond donors (Lipinski definition) is 1. The highest BCUT2D eigenvalue weighted by molar-refractivity contribution is 5.27. The first-order valence-corrected chi connectivity index (χ1v) is 5.24. The maximum absolute atomic E-state index is 5.75. The Bertz CT molecular complexity index is 277. The molecule has 1 atom stereocenters. The van der Waals surface area contributed by atoms with Gasteiger partial charge in [0.25, 0.3) is 0 Å². The fraction of sp³-hybridized carbons (Fsp3) is 0.538. The minimum Gasteiger partial charge on any atom is -0.328 e. The van der Waals surface area contributed by atoms with E-state index in [4.69, 9.17) is 5.73 Å². The van der Waals surface area contributed by atoms with Gasteiger partial charge in [0.1, 0.15) is 0 Å². The molecule has 0 spiro atoms. The molecule has 0 aliphatic heterocycles. The third kappa shape index (κ3) is 3.15. The minimum absolute atomic E-state index is 0.243. The van der Waals surface area contributed by atoms with Crippen LogP contribution >= 0.6 is 0 Å². The second kappa shape index (κ2) is 4.14. The van der Waals surface area contributed by atoms with Gasteiger partial charge in [0, 0.05) is 6.04 Å². The van der Waals surface area contributed by atoms with E-state index in [2.05, 4.69) is 45.0 Å². The van der Waals surface area contributed by atoms with E-state index in [9.17, 15) is 0 Å². The lowest BCUT2D eigenvalue weighted by Crippen LogP contribution is -2.18. The topological polar surface area (TPSA) is 26.0 Å². The number of rotatable bonds is 2. The summed E-state index contributed by atoms with van der Waals surface area (Å²) < 4.78 is 0. The lowest BCUT2D eigenvalue weighted by atomic mass is 9.86.